The first-order valence-electron chi connectivity index (χ1n) is 11.5. The fraction of sp³-hybridized carbons (Fsp3) is 0.955. The third-order valence-electron chi connectivity index (χ3n) is 7.80. The average Bonchev–Trinajstić information content (AvgIpc) is 2.63. The molecule has 5 fully saturated rings. The van der Waals surface area contributed by atoms with Crippen molar-refractivity contribution < 1.29 is 0 Å². The van der Waals surface area contributed by atoms with E-state index in [-0.39, 0.29) is 0 Å². The second-order valence-electron chi connectivity index (χ2n) is 10.3. The lowest BCUT2D eigenvalue weighted by Crippen LogP contribution is -2.48. The molecule has 3 N–H and O–H groups in total. The zero-order valence-corrected chi connectivity index (χ0v) is 17.5. The molecule has 0 aromatic heterocycles. The highest BCUT2D eigenvalue weighted by Gasteiger charge is 2.50. The molecule has 1 heterocycles. The number of unbranched alkanes of at least 4 members (excludes halogenated alkanes) is 2. The van der Waals surface area contributed by atoms with Crippen LogP contribution in [-0.2, 0) is 0 Å². The highest BCUT2D eigenvalue weighted by Crippen LogP contribution is 2.60. The Kier molecular flexibility index (Phi) is 6.28. The van der Waals surface area contributed by atoms with Gasteiger partial charge in [0.1, 0.15) is 0 Å². The Morgan fingerprint density at radius 3 is 2.22 bits per heavy atom. The van der Waals surface area contributed by atoms with Gasteiger partial charge in [-0.15, -0.1) is 0 Å². The Morgan fingerprint density at radius 2 is 1.59 bits per heavy atom. The van der Waals surface area contributed by atoms with Crippen LogP contribution in [0.1, 0.15) is 57.8 Å². The normalized spacial score (nSPS) is 37.1. The minimum absolute atomic E-state index is 0.504. The fourth-order valence-electron chi connectivity index (χ4n) is 6.72. The van der Waals surface area contributed by atoms with Crippen LogP contribution in [0.5, 0.6) is 0 Å². The van der Waals surface area contributed by atoms with Crippen molar-refractivity contribution >= 4 is 5.96 Å². The van der Waals surface area contributed by atoms with Crippen LogP contribution < -0.4 is 11.1 Å². The highest BCUT2D eigenvalue weighted by molar-refractivity contribution is 5.77. The van der Waals surface area contributed by atoms with Gasteiger partial charge in [0.25, 0.3) is 0 Å². The number of hydrogen-bond donors (Lipinski definition) is 2. The van der Waals surface area contributed by atoms with Crippen LogP contribution in [0.2, 0.25) is 0 Å². The van der Waals surface area contributed by atoms with E-state index in [1.807, 2.05) is 0 Å². The Hall–Kier alpha value is -0.810. The van der Waals surface area contributed by atoms with Crippen molar-refractivity contribution in [1.82, 2.24) is 15.1 Å². The van der Waals surface area contributed by atoms with Gasteiger partial charge in [-0.25, -0.2) is 0 Å². The third kappa shape index (κ3) is 5.17. The van der Waals surface area contributed by atoms with E-state index >= 15 is 0 Å². The molecule has 5 aliphatic rings. The van der Waals surface area contributed by atoms with Crippen molar-refractivity contribution in [3.05, 3.63) is 0 Å². The second-order valence-corrected chi connectivity index (χ2v) is 10.3. The number of nitrogens with zero attached hydrogens (tertiary/aromatic N) is 3. The minimum Gasteiger partial charge on any atom is -0.370 e. The Labute approximate surface area is 166 Å². The highest BCUT2D eigenvalue weighted by atomic mass is 15.2. The van der Waals surface area contributed by atoms with Gasteiger partial charge in [0.2, 0.25) is 0 Å². The van der Waals surface area contributed by atoms with E-state index in [0.717, 1.165) is 30.8 Å². The smallest absolute Gasteiger partial charge is 0.188 e. The van der Waals surface area contributed by atoms with E-state index in [1.165, 1.54) is 90.5 Å². The van der Waals surface area contributed by atoms with E-state index < -0.39 is 0 Å². The second kappa shape index (κ2) is 8.69. The van der Waals surface area contributed by atoms with Crippen molar-refractivity contribution in [2.45, 2.75) is 57.8 Å². The predicted molar refractivity (Wildman–Crippen MR) is 113 cm³/mol. The number of aliphatic imine (C=N–C) groups is 1. The molecule has 0 atom stereocenters. The maximum atomic E-state index is 6.17. The van der Waals surface area contributed by atoms with Crippen molar-refractivity contribution in [2.24, 2.45) is 33.9 Å². The van der Waals surface area contributed by atoms with Crippen LogP contribution in [-0.4, -0.2) is 68.6 Å². The van der Waals surface area contributed by atoms with Crippen LogP contribution >= 0.6 is 0 Å². The van der Waals surface area contributed by atoms with E-state index in [9.17, 15) is 0 Å². The summed E-state index contributed by atoms with van der Waals surface area (Å²) in [5.74, 6) is 3.69. The first kappa shape index (κ1) is 19.5. The Morgan fingerprint density at radius 1 is 0.963 bits per heavy atom. The number of rotatable bonds is 8. The van der Waals surface area contributed by atoms with Gasteiger partial charge in [0.15, 0.2) is 5.96 Å². The van der Waals surface area contributed by atoms with E-state index in [2.05, 4.69) is 22.2 Å². The summed E-state index contributed by atoms with van der Waals surface area (Å²) in [5.41, 5.74) is 6.68. The lowest BCUT2D eigenvalue weighted by Gasteiger charge is -2.56. The van der Waals surface area contributed by atoms with Gasteiger partial charge in [0, 0.05) is 39.3 Å². The molecule has 154 valence electrons. The predicted octanol–water partition coefficient (Wildman–Crippen LogP) is 2.52. The molecule has 4 aliphatic carbocycles. The number of nitrogens with two attached hydrogens (primary N) is 1. The number of hydrogen-bond acceptors (Lipinski definition) is 3. The molecule has 5 rings (SSSR count). The molecule has 27 heavy (non-hydrogen) atoms. The monoisotopic (exact) mass is 375 g/mol. The van der Waals surface area contributed by atoms with E-state index in [4.69, 9.17) is 10.7 Å². The summed E-state index contributed by atoms with van der Waals surface area (Å²) >= 11 is 0. The van der Waals surface area contributed by atoms with Crippen molar-refractivity contribution in [2.75, 3.05) is 52.9 Å². The molecule has 1 aliphatic heterocycles. The fourth-order valence-corrected chi connectivity index (χ4v) is 6.72. The quantitative estimate of drug-likeness (QED) is 0.389. The zero-order valence-electron chi connectivity index (χ0n) is 17.5. The zero-order chi connectivity index (χ0) is 18.7. The number of likely N-dealkylation sites (N-methyl/N-ethyl adjacent to an activating group) is 1. The first-order chi connectivity index (χ1) is 13.1. The van der Waals surface area contributed by atoms with Crippen LogP contribution in [0.4, 0.5) is 0 Å². The molecule has 0 aromatic carbocycles. The molecular weight excluding hydrogens is 334 g/mol. The summed E-state index contributed by atoms with van der Waals surface area (Å²) in [5, 5.41) is 3.37. The number of guanidine groups is 1. The number of piperazine rings is 1. The van der Waals surface area contributed by atoms with E-state index in [0.29, 0.717) is 11.4 Å². The van der Waals surface area contributed by atoms with Crippen LogP contribution in [0, 0.1) is 23.2 Å². The van der Waals surface area contributed by atoms with Crippen LogP contribution in [0.15, 0.2) is 4.99 Å². The molecule has 5 heteroatoms. The molecule has 5 nitrogen and oxygen atoms in total. The van der Waals surface area contributed by atoms with E-state index in [1.54, 1.807) is 0 Å². The molecule has 1 saturated heterocycles. The summed E-state index contributed by atoms with van der Waals surface area (Å²) in [4.78, 5) is 9.81. The molecular formula is C22H41N5. The minimum atomic E-state index is 0.504. The standard InChI is InChI=1S/C22H41N5/c1-26-7-9-27(10-8-26)6-4-2-3-5-24-21(23)25-17-22-14-18-11-19(15-22)13-20(12-18)16-22/h18-20H,2-17H2,1H3,(H3,23,24,25). The maximum absolute atomic E-state index is 6.17. The largest absolute Gasteiger partial charge is 0.370 e. The summed E-state index contributed by atoms with van der Waals surface area (Å²) < 4.78 is 0. The number of nitrogens with one attached hydrogen (secondary N) is 1. The lowest BCUT2D eigenvalue weighted by atomic mass is 9.49. The molecule has 0 unspecified atom stereocenters. The molecule has 4 saturated carbocycles. The summed E-state index contributed by atoms with van der Waals surface area (Å²) in [6.45, 7) is 8.11. The summed E-state index contributed by atoms with van der Waals surface area (Å²) in [7, 11) is 2.22. The van der Waals surface area contributed by atoms with Gasteiger partial charge in [0.05, 0.1) is 0 Å². The molecule has 0 amide bonds. The van der Waals surface area contributed by atoms with Gasteiger partial charge in [-0.2, -0.15) is 0 Å². The molecule has 4 bridgehead atoms. The SMILES string of the molecule is CN1CCN(CCCCCNC(N)=NCC23CC4CC(CC(C4)C2)C3)CC1. The van der Waals surface area contributed by atoms with Crippen molar-refractivity contribution in [3.63, 3.8) is 0 Å². The first-order valence-corrected chi connectivity index (χ1v) is 11.5. The molecule has 0 spiro atoms. The molecule has 0 radical (unpaired) electrons. The topological polar surface area (TPSA) is 56.9 Å². The van der Waals surface area contributed by atoms with Crippen LogP contribution in [0.3, 0.4) is 0 Å². The van der Waals surface area contributed by atoms with Gasteiger partial charge in [-0.05, 0) is 88.1 Å². The third-order valence-corrected chi connectivity index (χ3v) is 7.80. The average molecular weight is 376 g/mol. The van der Waals surface area contributed by atoms with Gasteiger partial charge in [-0.1, -0.05) is 6.42 Å². The summed E-state index contributed by atoms with van der Waals surface area (Å²) in [6.07, 6.45) is 12.5. The Bertz CT molecular complexity index is 474. The maximum Gasteiger partial charge on any atom is 0.188 e. The Balaban J connectivity index is 1.09. The van der Waals surface area contributed by atoms with Crippen molar-refractivity contribution in [3.8, 4) is 0 Å². The van der Waals surface area contributed by atoms with Crippen molar-refractivity contribution in [1.29, 1.82) is 0 Å². The van der Waals surface area contributed by atoms with Gasteiger partial charge < -0.3 is 20.9 Å². The molecule has 0 aromatic rings. The lowest BCUT2D eigenvalue weighted by molar-refractivity contribution is -0.0465. The van der Waals surface area contributed by atoms with Crippen LogP contribution in [0.25, 0.3) is 0 Å². The van der Waals surface area contributed by atoms with Gasteiger partial charge in [-0.3, -0.25) is 4.99 Å². The van der Waals surface area contributed by atoms with Gasteiger partial charge >= 0.3 is 0 Å². The summed E-state index contributed by atoms with van der Waals surface area (Å²) in [6, 6.07) is 0.